The zero-order valence-corrected chi connectivity index (χ0v) is 17.4. The summed E-state index contributed by atoms with van der Waals surface area (Å²) in [6.07, 6.45) is 9.28. The van der Waals surface area contributed by atoms with Gasteiger partial charge in [-0.15, -0.1) is 0 Å². The fourth-order valence-corrected chi connectivity index (χ4v) is 3.81. The van der Waals surface area contributed by atoms with Crippen LogP contribution in [0.4, 0.5) is 14.5 Å². The topological polar surface area (TPSA) is 37.2 Å². The Labute approximate surface area is 179 Å². The van der Waals surface area contributed by atoms with E-state index in [0.29, 0.717) is 10.7 Å². The molecule has 1 aromatic carbocycles. The van der Waals surface area contributed by atoms with Gasteiger partial charge in [0.2, 0.25) is 0 Å². The lowest BCUT2D eigenvalue weighted by molar-refractivity contribution is 0.284. The monoisotopic (exact) mass is 429 g/mol. The molecule has 0 atom stereocenters. The minimum absolute atomic E-state index is 0.542. The van der Waals surface area contributed by atoms with Crippen LogP contribution in [0.2, 0.25) is 5.02 Å². The standard InChI is InChI=1S/C22H22ClF2N5/c1-16-17(14-27-30(16)22-4-5-26-15-21(22)23)3-2-6-28-7-9-29(10-8-28)20-12-18(24)11-19(25)13-20/h2-5,11-15H,6-10H2,1H3. The summed E-state index contributed by atoms with van der Waals surface area (Å²) in [4.78, 5) is 8.33. The molecule has 0 saturated carbocycles. The molecule has 0 unspecified atom stereocenters. The van der Waals surface area contributed by atoms with Crippen molar-refractivity contribution < 1.29 is 8.78 Å². The molecule has 0 bridgehead atoms. The molecule has 3 heterocycles. The van der Waals surface area contributed by atoms with Crippen molar-refractivity contribution in [3.63, 3.8) is 0 Å². The molecule has 1 fully saturated rings. The predicted molar refractivity (Wildman–Crippen MR) is 115 cm³/mol. The van der Waals surface area contributed by atoms with Crippen molar-refractivity contribution in [2.75, 3.05) is 37.6 Å². The quantitative estimate of drug-likeness (QED) is 0.604. The fourth-order valence-electron chi connectivity index (χ4n) is 3.61. The van der Waals surface area contributed by atoms with Gasteiger partial charge < -0.3 is 4.90 Å². The molecular formula is C22H22ClF2N5. The fraction of sp³-hybridized carbons (Fsp3) is 0.273. The Hall–Kier alpha value is -2.77. The van der Waals surface area contributed by atoms with Crippen LogP contribution in [-0.4, -0.2) is 52.4 Å². The molecule has 1 aliphatic rings. The van der Waals surface area contributed by atoms with Gasteiger partial charge in [-0.1, -0.05) is 23.8 Å². The Bertz CT molecular complexity index is 1040. The van der Waals surface area contributed by atoms with Crippen LogP contribution >= 0.6 is 11.6 Å². The summed E-state index contributed by atoms with van der Waals surface area (Å²) < 4.78 is 28.7. The molecule has 30 heavy (non-hydrogen) atoms. The summed E-state index contributed by atoms with van der Waals surface area (Å²) in [6.45, 7) is 5.91. The van der Waals surface area contributed by atoms with Crippen molar-refractivity contribution in [2.24, 2.45) is 0 Å². The first-order chi connectivity index (χ1) is 14.5. The van der Waals surface area contributed by atoms with E-state index in [4.69, 9.17) is 11.6 Å². The van der Waals surface area contributed by atoms with Crippen LogP contribution in [0.25, 0.3) is 11.8 Å². The first-order valence-corrected chi connectivity index (χ1v) is 10.1. The molecule has 1 aliphatic heterocycles. The van der Waals surface area contributed by atoms with Crippen LogP contribution in [0.15, 0.2) is 48.9 Å². The molecule has 8 heteroatoms. The summed E-state index contributed by atoms with van der Waals surface area (Å²) in [5, 5.41) is 4.99. The highest BCUT2D eigenvalue weighted by Crippen LogP contribution is 2.22. The second-order valence-corrected chi connectivity index (χ2v) is 7.65. The number of nitrogens with zero attached hydrogens (tertiary/aromatic N) is 5. The van der Waals surface area contributed by atoms with Gasteiger partial charge in [-0.3, -0.25) is 9.88 Å². The van der Waals surface area contributed by atoms with Crippen LogP contribution in [0.3, 0.4) is 0 Å². The number of hydrogen-bond donors (Lipinski definition) is 0. The third-order valence-electron chi connectivity index (χ3n) is 5.27. The lowest BCUT2D eigenvalue weighted by atomic mass is 10.2. The summed E-state index contributed by atoms with van der Waals surface area (Å²) in [5.41, 5.74) is 3.42. The minimum Gasteiger partial charge on any atom is -0.369 e. The first kappa shape index (κ1) is 20.5. The summed E-state index contributed by atoms with van der Waals surface area (Å²) >= 11 is 6.23. The molecule has 1 saturated heterocycles. The van der Waals surface area contributed by atoms with Gasteiger partial charge >= 0.3 is 0 Å². The molecule has 4 rings (SSSR count). The number of hydrogen-bond acceptors (Lipinski definition) is 4. The van der Waals surface area contributed by atoms with Gasteiger partial charge in [0.15, 0.2) is 0 Å². The summed E-state index contributed by atoms with van der Waals surface area (Å²) in [5.74, 6) is -1.08. The molecule has 0 aliphatic carbocycles. The highest BCUT2D eigenvalue weighted by Gasteiger charge is 2.17. The van der Waals surface area contributed by atoms with Crippen molar-refractivity contribution in [1.82, 2.24) is 19.7 Å². The van der Waals surface area contributed by atoms with E-state index in [9.17, 15) is 8.78 Å². The average molecular weight is 430 g/mol. The molecule has 0 spiro atoms. The number of piperazine rings is 1. The number of halogens is 3. The normalized spacial score (nSPS) is 15.3. The molecule has 0 N–H and O–H groups in total. The number of anilines is 1. The SMILES string of the molecule is Cc1c(C=CCN2CCN(c3cc(F)cc(F)c3)CC2)cnn1-c1ccncc1Cl. The van der Waals surface area contributed by atoms with Gasteiger partial charge in [-0.2, -0.15) is 5.10 Å². The smallest absolute Gasteiger partial charge is 0.128 e. The number of benzene rings is 1. The maximum atomic E-state index is 13.4. The molecule has 5 nitrogen and oxygen atoms in total. The van der Waals surface area contributed by atoms with Gasteiger partial charge in [0.05, 0.1) is 16.9 Å². The van der Waals surface area contributed by atoms with Gasteiger partial charge in [0.25, 0.3) is 0 Å². The summed E-state index contributed by atoms with van der Waals surface area (Å²) in [7, 11) is 0. The second kappa shape index (κ2) is 8.93. The van der Waals surface area contributed by atoms with Crippen molar-refractivity contribution in [3.05, 3.63) is 76.8 Å². The zero-order valence-electron chi connectivity index (χ0n) is 16.6. The van der Waals surface area contributed by atoms with Crippen LogP contribution in [0, 0.1) is 18.6 Å². The zero-order chi connectivity index (χ0) is 21.1. The van der Waals surface area contributed by atoms with Gasteiger partial charge in [0, 0.05) is 68.1 Å². The number of pyridine rings is 1. The predicted octanol–water partition coefficient (Wildman–Crippen LogP) is 4.34. The van der Waals surface area contributed by atoms with E-state index in [1.807, 2.05) is 24.1 Å². The van der Waals surface area contributed by atoms with Crippen LogP contribution in [-0.2, 0) is 0 Å². The van der Waals surface area contributed by atoms with E-state index in [1.54, 1.807) is 17.1 Å². The van der Waals surface area contributed by atoms with Gasteiger partial charge in [-0.25, -0.2) is 13.5 Å². The molecule has 3 aromatic rings. The maximum absolute atomic E-state index is 13.4. The van der Waals surface area contributed by atoms with E-state index in [0.717, 1.165) is 55.7 Å². The molecular weight excluding hydrogens is 408 g/mol. The molecule has 0 amide bonds. The highest BCUT2D eigenvalue weighted by molar-refractivity contribution is 6.32. The molecule has 2 aromatic heterocycles. The van der Waals surface area contributed by atoms with E-state index < -0.39 is 11.6 Å². The molecule has 0 radical (unpaired) electrons. The molecule has 156 valence electrons. The van der Waals surface area contributed by atoms with E-state index in [1.165, 1.54) is 12.1 Å². The first-order valence-electron chi connectivity index (χ1n) is 9.76. The lowest BCUT2D eigenvalue weighted by Gasteiger charge is -2.35. The van der Waals surface area contributed by atoms with E-state index >= 15 is 0 Å². The Morgan fingerprint density at radius 2 is 1.80 bits per heavy atom. The Morgan fingerprint density at radius 1 is 1.07 bits per heavy atom. The van der Waals surface area contributed by atoms with Crippen LogP contribution in [0.1, 0.15) is 11.3 Å². The Morgan fingerprint density at radius 3 is 2.50 bits per heavy atom. The Balaban J connectivity index is 1.34. The second-order valence-electron chi connectivity index (χ2n) is 7.24. The third kappa shape index (κ3) is 4.52. The van der Waals surface area contributed by atoms with Crippen molar-refractivity contribution >= 4 is 23.4 Å². The largest absolute Gasteiger partial charge is 0.369 e. The average Bonchev–Trinajstić information content (AvgIpc) is 3.08. The minimum atomic E-state index is -0.542. The van der Waals surface area contributed by atoms with Crippen molar-refractivity contribution in [3.8, 4) is 5.69 Å². The van der Waals surface area contributed by atoms with E-state index in [2.05, 4.69) is 27.1 Å². The number of aromatic nitrogens is 3. The summed E-state index contributed by atoms with van der Waals surface area (Å²) in [6, 6.07) is 5.50. The highest BCUT2D eigenvalue weighted by atomic mass is 35.5. The Kier molecular flexibility index (Phi) is 6.11. The van der Waals surface area contributed by atoms with Gasteiger partial charge in [-0.05, 0) is 25.1 Å². The van der Waals surface area contributed by atoms with Crippen LogP contribution in [0.5, 0.6) is 0 Å². The van der Waals surface area contributed by atoms with E-state index in [-0.39, 0.29) is 0 Å². The van der Waals surface area contributed by atoms with Crippen LogP contribution < -0.4 is 4.90 Å². The maximum Gasteiger partial charge on any atom is 0.128 e. The lowest BCUT2D eigenvalue weighted by Crippen LogP contribution is -2.46. The van der Waals surface area contributed by atoms with Crippen molar-refractivity contribution in [2.45, 2.75) is 6.92 Å². The van der Waals surface area contributed by atoms with Gasteiger partial charge in [0.1, 0.15) is 11.6 Å². The number of rotatable bonds is 5. The third-order valence-corrected chi connectivity index (χ3v) is 5.56. The van der Waals surface area contributed by atoms with Crippen molar-refractivity contribution in [1.29, 1.82) is 0 Å².